The molecule has 2 aromatic heterocycles. The zero-order valence-electron chi connectivity index (χ0n) is 34.3. The fraction of sp³-hybridized carbons (Fsp3) is 0.118. The molecule has 0 saturated carbocycles. The van der Waals surface area contributed by atoms with Crippen LogP contribution in [-0.4, -0.2) is 55.3 Å². The van der Waals surface area contributed by atoms with Crippen molar-refractivity contribution in [1.82, 2.24) is 19.6 Å². The second-order valence-electron chi connectivity index (χ2n) is 12.4. The molecule has 0 aliphatic carbocycles. The molecular weight excluding hydrogens is 889 g/mol. The van der Waals surface area contributed by atoms with Crippen molar-refractivity contribution in [3.05, 3.63) is 116 Å². The van der Waals surface area contributed by atoms with Crippen LogP contribution in [0.5, 0.6) is 23.3 Å². The van der Waals surface area contributed by atoms with Crippen LogP contribution >= 0.6 is 0 Å². The van der Waals surface area contributed by atoms with Gasteiger partial charge >= 0.3 is 21.6 Å². The molecule has 0 bridgehead atoms. The van der Waals surface area contributed by atoms with Gasteiger partial charge in [-0.05, 0) is 99.5 Å². The van der Waals surface area contributed by atoms with Crippen LogP contribution in [0.15, 0.2) is 103 Å². The summed E-state index contributed by atoms with van der Waals surface area (Å²) >= 11 is 0. The molecule has 27 heteroatoms. The van der Waals surface area contributed by atoms with Gasteiger partial charge in [-0.25, -0.2) is 26.2 Å². The number of nitrogens with zero attached hydrogens (tertiary/aromatic N) is 10. The molecular formula is C34H27CrN10O14S2. The summed E-state index contributed by atoms with van der Waals surface area (Å²) in [6.07, 6.45) is 0. The molecule has 0 aliphatic rings. The second kappa shape index (κ2) is 18.0. The minimum atomic E-state index is -4.64. The van der Waals surface area contributed by atoms with Crippen LogP contribution in [0.3, 0.4) is 0 Å². The molecule has 0 aliphatic heterocycles. The number of aryl methyl sites for hydroxylation is 4. The Bertz CT molecular complexity index is 2790. The van der Waals surface area contributed by atoms with Gasteiger partial charge in [-0.15, -0.1) is 10.2 Å². The molecule has 61 heavy (non-hydrogen) atoms. The van der Waals surface area contributed by atoms with Crippen LogP contribution in [0.2, 0.25) is 0 Å². The summed E-state index contributed by atoms with van der Waals surface area (Å²) in [6, 6.07) is 13.8. The third-order valence-corrected chi connectivity index (χ3v) is 9.71. The van der Waals surface area contributed by atoms with Crippen LogP contribution < -0.4 is 20.4 Å². The third kappa shape index (κ3) is 10.4. The largest absolute Gasteiger partial charge is 3.00 e. The molecule has 0 unspecified atom stereocenters. The van der Waals surface area contributed by atoms with Gasteiger partial charge in [0, 0.05) is 35.4 Å². The molecule has 1 radical (unpaired) electrons. The van der Waals surface area contributed by atoms with Crippen molar-refractivity contribution < 1.29 is 77.9 Å². The van der Waals surface area contributed by atoms with Crippen molar-refractivity contribution in [1.29, 1.82) is 0 Å². The maximum Gasteiger partial charge on any atom is 3.00 e. The van der Waals surface area contributed by atoms with Gasteiger partial charge in [0.05, 0.1) is 53.8 Å². The van der Waals surface area contributed by atoms with E-state index in [1.807, 2.05) is 0 Å². The van der Waals surface area contributed by atoms with Gasteiger partial charge in [0.2, 0.25) is 0 Å². The van der Waals surface area contributed by atoms with Gasteiger partial charge in [0.15, 0.2) is 0 Å². The summed E-state index contributed by atoms with van der Waals surface area (Å²) in [7, 11) is -9.28. The Hall–Kier alpha value is -7.15. The van der Waals surface area contributed by atoms with Crippen molar-refractivity contribution in [2.45, 2.75) is 37.5 Å². The van der Waals surface area contributed by atoms with E-state index < -0.39 is 74.5 Å². The Labute approximate surface area is 358 Å². The number of nitro groups is 2. The second-order valence-corrected chi connectivity index (χ2v) is 15.1. The van der Waals surface area contributed by atoms with E-state index in [0.29, 0.717) is 11.1 Å². The average molecular weight is 916 g/mol. The Kier molecular flexibility index (Phi) is 13.7. The van der Waals surface area contributed by atoms with Crippen LogP contribution in [0.25, 0.3) is 11.4 Å². The number of aromatic nitrogens is 4. The minimum Gasteiger partial charge on any atom is -0.866 e. The molecule has 4 aromatic carbocycles. The Morgan fingerprint density at radius 1 is 0.557 bits per heavy atom. The number of rotatable bonds is 10. The summed E-state index contributed by atoms with van der Waals surface area (Å²) in [5, 5.41) is 94.3. The third-order valence-electron chi connectivity index (χ3n) is 8.01. The normalized spacial score (nSPS) is 11.6. The van der Waals surface area contributed by atoms with E-state index in [1.165, 1.54) is 50.2 Å². The van der Waals surface area contributed by atoms with Gasteiger partial charge in [-0.3, -0.25) is 20.2 Å². The van der Waals surface area contributed by atoms with Gasteiger partial charge < -0.3 is 29.5 Å². The van der Waals surface area contributed by atoms with Crippen LogP contribution in [-0.2, 0) is 37.6 Å². The number of azo groups is 2. The summed E-state index contributed by atoms with van der Waals surface area (Å²) in [6.45, 7) is 6.00. The van der Waals surface area contributed by atoms with Crippen LogP contribution in [0.1, 0.15) is 26.8 Å². The van der Waals surface area contributed by atoms with Crippen molar-refractivity contribution in [2.75, 3.05) is 0 Å². The summed E-state index contributed by atoms with van der Waals surface area (Å²) in [5.74, 6) is -3.32. The average Bonchev–Trinajstić information content (AvgIpc) is 3.62. The Balaban J connectivity index is 0.000000602. The van der Waals surface area contributed by atoms with E-state index in [0.717, 1.165) is 45.8 Å². The molecule has 6 aromatic rings. The van der Waals surface area contributed by atoms with E-state index in [9.17, 15) is 66.6 Å². The van der Waals surface area contributed by atoms with Crippen molar-refractivity contribution >= 4 is 54.4 Å². The van der Waals surface area contributed by atoms with E-state index >= 15 is 0 Å². The van der Waals surface area contributed by atoms with Gasteiger partial charge in [0.25, 0.3) is 11.4 Å². The van der Waals surface area contributed by atoms with Gasteiger partial charge in [-0.2, -0.15) is 20.4 Å². The van der Waals surface area contributed by atoms with Gasteiger partial charge in [0.1, 0.15) is 31.6 Å². The molecule has 0 N–H and O–H groups in total. The molecule has 0 atom stereocenters. The standard InChI is InChI=1S/2C17H15N5O7S.Cr/c2*1-9-7-13(16(23)14(8-9)22(25)26)18-19-15-10(2)20-21(17(15)24)11-3-5-12(6-4-11)30(27,28)29;/h2*3-8,23-24H,1-2H3,(H,27,28,29);/q;;+3/p-3. The summed E-state index contributed by atoms with van der Waals surface area (Å²) < 4.78 is 67.9. The van der Waals surface area contributed by atoms with E-state index in [-0.39, 0.29) is 67.2 Å². The van der Waals surface area contributed by atoms with Crippen molar-refractivity contribution in [2.24, 2.45) is 20.5 Å². The fourth-order valence-electron chi connectivity index (χ4n) is 5.18. The predicted molar refractivity (Wildman–Crippen MR) is 198 cm³/mol. The maximum absolute atomic E-state index is 12.6. The molecule has 6 rings (SSSR count). The zero-order valence-corrected chi connectivity index (χ0v) is 34.2. The number of benzene rings is 4. The molecule has 0 saturated heterocycles. The Morgan fingerprint density at radius 2 is 0.869 bits per heavy atom. The fourth-order valence-corrected chi connectivity index (χ4v) is 6.12. The molecule has 0 spiro atoms. The molecule has 0 fully saturated rings. The van der Waals surface area contributed by atoms with E-state index in [2.05, 4.69) is 30.7 Å². The number of hydrogen-bond donors (Lipinski definition) is 0. The predicted octanol–water partition coefficient (Wildman–Crippen LogP) is 4.06. The van der Waals surface area contributed by atoms with Crippen molar-refractivity contribution in [3.8, 4) is 34.6 Å². The van der Waals surface area contributed by atoms with Crippen LogP contribution in [0.4, 0.5) is 34.1 Å². The first-order valence-electron chi connectivity index (χ1n) is 16.4. The molecule has 0 amide bonds. The molecule has 315 valence electrons. The van der Waals surface area contributed by atoms with Crippen molar-refractivity contribution in [3.63, 3.8) is 0 Å². The van der Waals surface area contributed by atoms with E-state index in [4.69, 9.17) is 0 Å². The van der Waals surface area contributed by atoms with Crippen LogP contribution in [0, 0.1) is 47.9 Å². The SMILES string of the molecule is Cc1cc(N=Nc2c(C)nn(-c3ccc(S(=O)(=O)[O-])cc3)c2[O-])c([O-])c([N+](=O)[O-])c1.Cc1cc(N=Nc2c(C)nn(-c3ccc(S(=O)(=O)[O-])cc3)c2[O-])c([O-])c([N+](=O)[O-])c1.[Cr+3].[H+].[H+].[H+]. The molecule has 24 nitrogen and oxygen atoms in total. The summed E-state index contributed by atoms with van der Waals surface area (Å²) in [4.78, 5) is 19.3. The zero-order chi connectivity index (χ0) is 44.4. The first-order valence-corrected chi connectivity index (χ1v) is 19.2. The summed E-state index contributed by atoms with van der Waals surface area (Å²) in [5.41, 5.74) is -0.871. The number of hydrogen-bond acceptors (Lipinski definition) is 20. The molecule has 2 heterocycles. The maximum atomic E-state index is 12.6. The van der Waals surface area contributed by atoms with Gasteiger partial charge in [-0.1, -0.05) is 0 Å². The van der Waals surface area contributed by atoms with E-state index in [1.54, 1.807) is 13.8 Å². The first kappa shape index (κ1) is 46.5. The Morgan fingerprint density at radius 3 is 1.15 bits per heavy atom. The first-order chi connectivity index (χ1) is 28.0. The monoisotopic (exact) mass is 915 g/mol. The number of nitro benzene ring substituents is 2. The smallest absolute Gasteiger partial charge is 0.866 e. The quantitative estimate of drug-likeness (QED) is 0.0809. The minimum absolute atomic E-state index is 0. The topological polar surface area (TPSA) is 378 Å².